The van der Waals surface area contributed by atoms with Gasteiger partial charge in [0.2, 0.25) is 0 Å². The zero-order valence-electron chi connectivity index (χ0n) is 14.6. The standard InChI is InChI=1S/C16H29N3O2S/c1-15(2,3)19(14(20)21-16(4,5)6)11-9-17-8-7-13-18-10-12-22-13/h10,12,17H,7-9,11H2,1-6H3. The van der Waals surface area contributed by atoms with Crippen LogP contribution in [0.15, 0.2) is 11.6 Å². The van der Waals surface area contributed by atoms with Crippen molar-refractivity contribution >= 4 is 17.4 Å². The maximum absolute atomic E-state index is 12.3. The molecule has 126 valence electrons. The summed E-state index contributed by atoms with van der Waals surface area (Å²) in [6, 6.07) is 0. The molecule has 6 heteroatoms. The fourth-order valence-electron chi connectivity index (χ4n) is 1.91. The van der Waals surface area contributed by atoms with E-state index in [0.717, 1.165) is 24.5 Å². The van der Waals surface area contributed by atoms with Gasteiger partial charge in [0.15, 0.2) is 0 Å². The van der Waals surface area contributed by atoms with Crippen LogP contribution in [-0.4, -0.2) is 46.8 Å². The zero-order valence-corrected chi connectivity index (χ0v) is 15.4. The Morgan fingerprint density at radius 2 is 1.95 bits per heavy atom. The number of hydrogen-bond acceptors (Lipinski definition) is 5. The van der Waals surface area contributed by atoms with Crippen LogP contribution in [0.1, 0.15) is 46.6 Å². The lowest BCUT2D eigenvalue weighted by Crippen LogP contribution is -2.50. The maximum atomic E-state index is 12.3. The fourth-order valence-corrected chi connectivity index (χ4v) is 2.53. The SMILES string of the molecule is CC(C)(C)OC(=O)N(CCNCCc1nccs1)C(C)(C)C. The number of rotatable bonds is 6. The summed E-state index contributed by atoms with van der Waals surface area (Å²) in [5.74, 6) is 0. The van der Waals surface area contributed by atoms with Gasteiger partial charge in [-0.2, -0.15) is 0 Å². The molecular formula is C16H29N3O2S. The van der Waals surface area contributed by atoms with E-state index in [4.69, 9.17) is 4.74 Å². The number of thiazole rings is 1. The van der Waals surface area contributed by atoms with Crippen LogP contribution in [0, 0.1) is 0 Å². The van der Waals surface area contributed by atoms with Crippen LogP contribution in [0.2, 0.25) is 0 Å². The molecular weight excluding hydrogens is 298 g/mol. The van der Waals surface area contributed by atoms with Crippen molar-refractivity contribution in [3.8, 4) is 0 Å². The molecule has 22 heavy (non-hydrogen) atoms. The Hall–Kier alpha value is -1.14. The highest BCUT2D eigenvalue weighted by Gasteiger charge is 2.30. The van der Waals surface area contributed by atoms with Gasteiger partial charge in [-0.25, -0.2) is 9.78 Å². The number of nitrogens with one attached hydrogen (secondary N) is 1. The van der Waals surface area contributed by atoms with Crippen LogP contribution in [0.5, 0.6) is 0 Å². The molecule has 0 fully saturated rings. The number of aromatic nitrogens is 1. The summed E-state index contributed by atoms with van der Waals surface area (Å²) in [6.07, 6.45) is 2.48. The highest BCUT2D eigenvalue weighted by molar-refractivity contribution is 7.09. The number of carbonyl (C=O) groups excluding carboxylic acids is 1. The van der Waals surface area contributed by atoms with Crippen molar-refractivity contribution in [2.45, 2.75) is 59.1 Å². The predicted octanol–water partition coefficient (Wildman–Crippen LogP) is 3.31. The molecule has 0 aliphatic rings. The lowest BCUT2D eigenvalue weighted by molar-refractivity contribution is 0.00666. The van der Waals surface area contributed by atoms with Crippen LogP contribution in [-0.2, 0) is 11.2 Å². The van der Waals surface area contributed by atoms with E-state index in [-0.39, 0.29) is 11.6 Å². The van der Waals surface area contributed by atoms with Crippen LogP contribution in [0.25, 0.3) is 0 Å². The Labute approximate surface area is 138 Å². The maximum Gasteiger partial charge on any atom is 0.410 e. The molecule has 0 unspecified atom stereocenters. The summed E-state index contributed by atoms with van der Waals surface area (Å²) < 4.78 is 5.49. The van der Waals surface area contributed by atoms with Crippen LogP contribution in [0.4, 0.5) is 4.79 Å². The van der Waals surface area contributed by atoms with E-state index in [1.165, 1.54) is 0 Å². The molecule has 0 aliphatic carbocycles. The third-order valence-electron chi connectivity index (χ3n) is 2.93. The number of nitrogens with zero attached hydrogens (tertiary/aromatic N) is 2. The Balaban J connectivity index is 2.40. The van der Waals surface area contributed by atoms with Crippen LogP contribution >= 0.6 is 11.3 Å². The van der Waals surface area contributed by atoms with Gasteiger partial charge in [-0.1, -0.05) is 0 Å². The van der Waals surface area contributed by atoms with E-state index < -0.39 is 5.60 Å². The van der Waals surface area contributed by atoms with Gasteiger partial charge in [0.25, 0.3) is 0 Å². The summed E-state index contributed by atoms with van der Waals surface area (Å²) in [5, 5.41) is 6.48. The van der Waals surface area contributed by atoms with Crippen molar-refractivity contribution < 1.29 is 9.53 Å². The second kappa shape index (κ2) is 7.92. The Morgan fingerprint density at radius 3 is 2.45 bits per heavy atom. The van der Waals surface area contributed by atoms with E-state index in [1.54, 1.807) is 16.2 Å². The summed E-state index contributed by atoms with van der Waals surface area (Å²) in [7, 11) is 0. The number of hydrogen-bond donors (Lipinski definition) is 1. The Morgan fingerprint density at radius 1 is 1.27 bits per heavy atom. The Kier molecular flexibility index (Phi) is 6.81. The second-order valence-corrected chi connectivity index (χ2v) is 8.21. The largest absolute Gasteiger partial charge is 0.444 e. The first-order valence-electron chi connectivity index (χ1n) is 7.69. The lowest BCUT2D eigenvalue weighted by atomic mass is 10.1. The molecule has 0 radical (unpaired) electrons. The van der Waals surface area contributed by atoms with Gasteiger partial charge in [-0.05, 0) is 41.5 Å². The van der Waals surface area contributed by atoms with Gasteiger partial charge >= 0.3 is 6.09 Å². The normalized spacial score (nSPS) is 12.3. The molecule has 5 nitrogen and oxygen atoms in total. The third kappa shape index (κ3) is 7.22. The van der Waals surface area contributed by atoms with Crippen molar-refractivity contribution in [2.24, 2.45) is 0 Å². The molecule has 1 aromatic heterocycles. The highest BCUT2D eigenvalue weighted by atomic mass is 32.1. The summed E-state index contributed by atoms with van der Waals surface area (Å²) >= 11 is 1.67. The van der Waals surface area contributed by atoms with E-state index in [2.05, 4.69) is 10.3 Å². The molecule has 0 aliphatic heterocycles. The first-order valence-corrected chi connectivity index (χ1v) is 8.57. The molecule has 0 atom stereocenters. The Bertz CT molecular complexity index is 447. The summed E-state index contributed by atoms with van der Waals surface area (Å²) in [6.45, 7) is 13.9. The lowest BCUT2D eigenvalue weighted by Gasteiger charge is -2.36. The smallest absolute Gasteiger partial charge is 0.410 e. The van der Waals surface area contributed by atoms with Crippen molar-refractivity contribution in [3.63, 3.8) is 0 Å². The van der Waals surface area contributed by atoms with Gasteiger partial charge in [-0.15, -0.1) is 11.3 Å². The minimum atomic E-state index is -0.473. The van der Waals surface area contributed by atoms with Gasteiger partial charge in [0.05, 0.1) is 5.01 Å². The quantitative estimate of drug-likeness (QED) is 0.815. The van der Waals surface area contributed by atoms with Crippen LogP contribution < -0.4 is 5.32 Å². The minimum Gasteiger partial charge on any atom is -0.444 e. The number of amides is 1. The van der Waals surface area contributed by atoms with E-state index in [1.807, 2.05) is 53.1 Å². The van der Waals surface area contributed by atoms with Crippen molar-refractivity contribution in [3.05, 3.63) is 16.6 Å². The van der Waals surface area contributed by atoms with E-state index >= 15 is 0 Å². The first kappa shape index (κ1) is 18.9. The van der Waals surface area contributed by atoms with E-state index in [9.17, 15) is 4.79 Å². The molecule has 0 spiro atoms. The van der Waals surface area contributed by atoms with Gasteiger partial charge in [0.1, 0.15) is 5.60 Å². The monoisotopic (exact) mass is 327 g/mol. The van der Waals surface area contributed by atoms with Crippen molar-refractivity contribution in [1.29, 1.82) is 0 Å². The number of carbonyl (C=O) groups is 1. The average Bonchev–Trinajstić information content (AvgIpc) is 2.82. The van der Waals surface area contributed by atoms with E-state index in [0.29, 0.717) is 6.54 Å². The molecule has 1 amide bonds. The molecule has 0 aromatic carbocycles. The molecule has 0 saturated carbocycles. The molecule has 0 bridgehead atoms. The van der Waals surface area contributed by atoms with Gasteiger partial charge in [-0.3, -0.25) is 0 Å². The molecule has 1 heterocycles. The average molecular weight is 327 g/mol. The van der Waals surface area contributed by atoms with Crippen molar-refractivity contribution in [1.82, 2.24) is 15.2 Å². The zero-order chi connectivity index (χ0) is 16.8. The molecule has 0 saturated heterocycles. The third-order valence-corrected chi connectivity index (χ3v) is 3.77. The molecule has 1 rings (SSSR count). The predicted molar refractivity (Wildman–Crippen MR) is 91.4 cm³/mol. The number of ether oxygens (including phenoxy) is 1. The summed E-state index contributed by atoms with van der Waals surface area (Å²) in [4.78, 5) is 18.3. The van der Waals surface area contributed by atoms with Gasteiger partial charge < -0.3 is 15.0 Å². The molecule has 1 aromatic rings. The highest BCUT2D eigenvalue weighted by Crippen LogP contribution is 2.17. The fraction of sp³-hybridized carbons (Fsp3) is 0.750. The molecule has 1 N–H and O–H groups in total. The first-order chi connectivity index (χ1) is 10.1. The minimum absolute atomic E-state index is 0.262. The van der Waals surface area contributed by atoms with Crippen molar-refractivity contribution in [2.75, 3.05) is 19.6 Å². The van der Waals surface area contributed by atoms with Crippen LogP contribution in [0.3, 0.4) is 0 Å². The van der Waals surface area contributed by atoms with Gasteiger partial charge in [0, 0.05) is 43.2 Å². The second-order valence-electron chi connectivity index (χ2n) is 7.23. The topological polar surface area (TPSA) is 54.5 Å². The summed E-state index contributed by atoms with van der Waals surface area (Å²) in [5.41, 5.74) is -0.738.